The molecule has 0 unspecified atom stereocenters. The van der Waals surface area contributed by atoms with Crippen LogP contribution in [0.15, 0.2) is 30.3 Å². The largest absolute Gasteiger partial charge is 0.349 e. The van der Waals surface area contributed by atoms with Crippen LogP contribution >= 0.6 is 0 Å². The van der Waals surface area contributed by atoms with E-state index in [9.17, 15) is 9.59 Å². The first-order chi connectivity index (χ1) is 13.5. The minimum atomic E-state index is -0.550. The van der Waals surface area contributed by atoms with Gasteiger partial charge in [-0.3, -0.25) is 9.59 Å². The van der Waals surface area contributed by atoms with Gasteiger partial charge in [0.2, 0.25) is 0 Å². The maximum atomic E-state index is 12.7. The minimum absolute atomic E-state index is 0.395. The number of hydrogen-bond donors (Lipinski definition) is 1. The maximum Gasteiger partial charge on any atom is 0.292 e. The summed E-state index contributed by atoms with van der Waals surface area (Å²) >= 11 is 0. The van der Waals surface area contributed by atoms with Crippen LogP contribution in [0.4, 0.5) is 0 Å². The summed E-state index contributed by atoms with van der Waals surface area (Å²) in [5.41, 5.74) is 2.53. The lowest BCUT2D eigenvalue weighted by Gasteiger charge is -2.30. The fourth-order valence-corrected chi connectivity index (χ4v) is 3.78. The Morgan fingerprint density at radius 3 is 2.50 bits per heavy atom. The van der Waals surface area contributed by atoms with E-state index in [0.717, 1.165) is 37.7 Å². The highest BCUT2D eigenvalue weighted by Crippen LogP contribution is 2.18. The molecule has 1 aliphatic heterocycles. The Bertz CT molecular complexity index is 821. The topological polar surface area (TPSA) is 67.2 Å². The molecule has 6 nitrogen and oxygen atoms in total. The van der Waals surface area contributed by atoms with Crippen molar-refractivity contribution in [2.75, 3.05) is 26.2 Å². The van der Waals surface area contributed by atoms with Crippen LogP contribution in [0.25, 0.3) is 5.69 Å². The Balaban J connectivity index is 1.55. The molecule has 2 aromatic rings. The van der Waals surface area contributed by atoms with E-state index in [2.05, 4.69) is 22.2 Å². The molecule has 0 aliphatic carbocycles. The first-order valence-electron chi connectivity index (χ1n) is 10.1. The van der Waals surface area contributed by atoms with Crippen LogP contribution in [0.5, 0.6) is 0 Å². The summed E-state index contributed by atoms with van der Waals surface area (Å²) in [4.78, 5) is 27.5. The highest BCUT2D eigenvalue weighted by Gasteiger charge is 2.25. The Labute approximate surface area is 166 Å². The van der Waals surface area contributed by atoms with Gasteiger partial charge in [-0.05, 0) is 70.8 Å². The lowest BCUT2D eigenvalue weighted by Crippen LogP contribution is -2.37. The maximum absolute atomic E-state index is 12.7. The number of benzene rings is 1. The van der Waals surface area contributed by atoms with Crippen molar-refractivity contribution in [2.45, 2.75) is 40.0 Å². The third-order valence-corrected chi connectivity index (χ3v) is 5.54. The molecule has 3 rings (SSSR count). The first-order valence-corrected chi connectivity index (χ1v) is 10.1. The van der Waals surface area contributed by atoms with Gasteiger partial charge in [-0.25, -0.2) is 4.68 Å². The van der Waals surface area contributed by atoms with E-state index < -0.39 is 11.7 Å². The number of hydrogen-bond acceptors (Lipinski definition) is 4. The van der Waals surface area contributed by atoms with E-state index in [1.165, 1.54) is 12.8 Å². The van der Waals surface area contributed by atoms with Crippen molar-refractivity contribution >= 4 is 11.7 Å². The molecule has 1 aromatic carbocycles. The Morgan fingerprint density at radius 1 is 1.14 bits per heavy atom. The van der Waals surface area contributed by atoms with Gasteiger partial charge >= 0.3 is 0 Å². The number of rotatable bonds is 7. The molecule has 1 saturated heterocycles. The van der Waals surface area contributed by atoms with E-state index in [4.69, 9.17) is 0 Å². The zero-order chi connectivity index (χ0) is 20.1. The fraction of sp³-hybridized carbons (Fsp3) is 0.500. The molecule has 0 atom stereocenters. The van der Waals surface area contributed by atoms with Crippen LogP contribution in [0, 0.1) is 19.8 Å². The number of ketones is 1. The molecule has 0 saturated carbocycles. The number of nitrogens with zero attached hydrogens (tertiary/aromatic N) is 3. The highest BCUT2D eigenvalue weighted by atomic mass is 16.2. The first kappa shape index (κ1) is 20.3. The fourth-order valence-electron chi connectivity index (χ4n) is 3.78. The van der Waals surface area contributed by atoms with E-state index in [0.29, 0.717) is 23.5 Å². The molecule has 1 N–H and O–H groups in total. The summed E-state index contributed by atoms with van der Waals surface area (Å²) in [6.07, 6.45) is 3.35. The quantitative estimate of drug-likeness (QED) is 0.454. The molecule has 28 heavy (non-hydrogen) atoms. The van der Waals surface area contributed by atoms with Crippen molar-refractivity contribution in [1.29, 1.82) is 0 Å². The second-order valence-electron chi connectivity index (χ2n) is 7.76. The van der Waals surface area contributed by atoms with E-state index in [1.807, 2.05) is 37.3 Å². The monoisotopic (exact) mass is 382 g/mol. The van der Waals surface area contributed by atoms with Crippen molar-refractivity contribution in [3.05, 3.63) is 47.3 Å². The van der Waals surface area contributed by atoms with Gasteiger partial charge in [-0.2, -0.15) is 5.10 Å². The minimum Gasteiger partial charge on any atom is -0.349 e. The lowest BCUT2D eigenvalue weighted by atomic mass is 9.99. The molecule has 1 fully saturated rings. The van der Waals surface area contributed by atoms with Gasteiger partial charge in [-0.1, -0.05) is 25.1 Å². The zero-order valence-electron chi connectivity index (χ0n) is 17.1. The number of Topliss-reactive ketones (excluding diaryl/α,β-unsaturated/α-hetero) is 1. The van der Waals surface area contributed by atoms with Crippen LogP contribution in [-0.4, -0.2) is 52.5 Å². The number of nitrogens with one attached hydrogen (secondary N) is 1. The number of carbonyl (C=O) groups excluding carboxylic acids is 2. The summed E-state index contributed by atoms with van der Waals surface area (Å²) in [6.45, 7) is 9.63. The zero-order valence-corrected chi connectivity index (χ0v) is 17.1. The summed E-state index contributed by atoms with van der Waals surface area (Å²) in [6, 6.07) is 9.62. The van der Waals surface area contributed by atoms with Crippen LogP contribution < -0.4 is 5.32 Å². The summed E-state index contributed by atoms with van der Waals surface area (Å²) < 4.78 is 1.72. The van der Waals surface area contributed by atoms with Gasteiger partial charge in [0.05, 0.1) is 22.6 Å². The number of aryl methyl sites for hydroxylation is 1. The van der Waals surface area contributed by atoms with Crippen molar-refractivity contribution < 1.29 is 9.59 Å². The van der Waals surface area contributed by atoms with Crippen molar-refractivity contribution in [3.8, 4) is 5.69 Å². The Kier molecular flexibility index (Phi) is 6.62. The molecular weight excluding hydrogens is 352 g/mol. The average molecular weight is 383 g/mol. The van der Waals surface area contributed by atoms with E-state index in [1.54, 1.807) is 11.6 Å². The molecule has 0 spiro atoms. The summed E-state index contributed by atoms with van der Waals surface area (Å²) in [5, 5.41) is 7.24. The van der Waals surface area contributed by atoms with E-state index >= 15 is 0 Å². The van der Waals surface area contributed by atoms with E-state index in [-0.39, 0.29) is 0 Å². The summed E-state index contributed by atoms with van der Waals surface area (Å²) in [5.74, 6) is -0.244. The SMILES string of the molecule is Cc1nn(-c2ccccc2)c(C)c1C(=O)C(=O)NCCCN1CCC(C)CC1. The number of para-hydroxylation sites is 1. The number of piperidine rings is 1. The number of amides is 1. The smallest absolute Gasteiger partial charge is 0.292 e. The average Bonchev–Trinajstić information content (AvgIpc) is 3.00. The van der Waals surface area contributed by atoms with Gasteiger partial charge in [-0.15, -0.1) is 0 Å². The molecule has 0 bridgehead atoms. The lowest BCUT2D eigenvalue weighted by molar-refractivity contribution is -0.117. The molecule has 6 heteroatoms. The van der Waals surface area contributed by atoms with Crippen molar-refractivity contribution in [3.63, 3.8) is 0 Å². The third-order valence-electron chi connectivity index (χ3n) is 5.54. The van der Waals surface area contributed by atoms with Crippen LogP contribution in [0.2, 0.25) is 0 Å². The number of likely N-dealkylation sites (tertiary alicyclic amines) is 1. The Morgan fingerprint density at radius 2 is 1.82 bits per heavy atom. The van der Waals surface area contributed by atoms with Gasteiger partial charge in [0.25, 0.3) is 11.7 Å². The van der Waals surface area contributed by atoms with Crippen LogP contribution in [0.3, 0.4) is 0 Å². The molecule has 0 radical (unpaired) electrons. The van der Waals surface area contributed by atoms with Gasteiger partial charge in [0.1, 0.15) is 0 Å². The standard InChI is InChI=1S/C22H30N4O2/c1-16-10-14-25(15-11-16)13-7-12-23-22(28)21(27)20-17(2)24-26(18(20)3)19-8-5-4-6-9-19/h4-6,8-9,16H,7,10-15H2,1-3H3,(H,23,28). The van der Waals surface area contributed by atoms with Gasteiger partial charge in [0.15, 0.2) is 0 Å². The van der Waals surface area contributed by atoms with Gasteiger partial charge in [0, 0.05) is 6.54 Å². The molecule has 150 valence electrons. The number of carbonyl (C=O) groups is 2. The molecule has 1 aliphatic rings. The van der Waals surface area contributed by atoms with Crippen LogP contribution in [-0.2, 0) is 4.79 Å². The normalized spacial score (nSPS) is 15.5. The molecule has 2 heterocycles. The predicted molar refractivity (Wildman–Crippen MR) is 110 cm³/mol. The predicted octanol–water partition coefficient (Wildman–Crippen LogP) is 2.91. The van der Waals surface area contributed by atoms with Gasteiger partial charge < -0.3 is 10.2 Å². The highest BCUT2D eigenvalue weighted by molar-refractivity contribution is 6.43. The second-order valence-corrected chi connectivity index (χ2v) is 7.76. The van der Waals surface area contributed by atoms with Crippen molar-refractivity contribution in [1.82, 2.24) is 20.0 Å². The van der Waals surface area contributed by atoms with Crippen LogP contribution in [0.1, 0.15) is 47.9 Å². The molecular formula is C22H30N4O2. The molecule has 1 aromatic heterocycles. The Hall–Kier alpha value is -2.47. The second kappa shape index (κ2) is 9.15. The number of aromatic nitrogens is 2. The van der Waals surface area contributed by atoms with Crippen molar-refractivity contribution in [2.24, 2.45) is 5.92 Å². The third kappa shape index (κ3) is 4.68. The summed E-state index contributed by atoms with van der Waals surface area (Å²) in [7, 11) is 0. The molecule has 1 amide bonds.